The highest BCUT2D eigenvalue weighted by molar-refractivity contribution is 5.77. The summed E-state index contributed by atoms with van der Waals surface area (Å²) in [5.74, 6) is 0.250. The van der Waals surface area contributed by atoms with Gasteiger partial charge in [-0.25, -0.2) is 0 Å². The van der Waals surface area contributed by atoms with Gasteiger partial charge in [0.05, 0.1) is 13.2 Å². The topological polar surface area (TPSA) is 38.8 Å². The number of Topliss-reactive ketones (excluding diaryl/α,β-unsaturated/α-hetero) is 1. The molecule has 0 aliphatic carbocycles. The SMILES string of the molecule is COCOCC[C@@H]1CCCN1CC(C)=O. The van der Waals surface area contributed by atoms with Gasteiger partial charge in [-0.2, -0.15) is 0 Å². The van der Waals surface area contributed by atoms with Crippen molar-refractivity contribution in [1.29, 1.82) is 0 Å². The zero-order chi connectivity index (χ0) is 11.1. The average molecular weight is 215 g/mol. The van der Waals surface area contributed by atoms with E-state index in [1.54, 1.807) is 14.0 Å². The Hall–Kier alpha value is -0.450. The summed E-state index contributed by atoms with van der Waals surface area (Å²) in [6.07, 6.45) is 3.38. The van der Waals surface area contributed by atoms with E-state index in [0.717, 1.165) is 13.0 Å². The van der Waals surface area contributed by atoms with Crippen LogP contribution in [0.15, 0.2) is 0 Å². The van der Waals surface area contributed by atoms with Crippen molar-refractivity contribution >= 4 is 5.78 Å². The minimum absolute atomic E-state index is 0.250. The van der Waals surface area contributed by atoms with Crippen molar-refractivity contribution in [3.05, 3.63) is 0 Å². The molecule has 1 rings (SSSR count). The Labute approximate surface area is 91.5 Å². The molecule has 0 aromatic heterocycles. The molecule has 0 unspecified atom stereocenters. The van der Waals surface area contributed by atoms with Gasteiger partial charge in [0.15, 0.2) is 0 Å². The molecule has 4 nitrogen and oxygen atoms in total. The number of methoxy groups -OCH3 is 1. The standard InChI is InChI=1S/C11H21NO3/c1-10(13)8-12-6-3-4-11(12)5-7-15-9-14-2/h11H,3-9H2,1-2H3/t11-/m0/s1. The van der Waals surface area contributed by atoms with Gasteiger partial charge in [0.1, 0.15) is 12.6 Å². The summed E-state index contributed by atoms with van der Waals surface area (Å²) in [4.78, 5) is 13.3. The molecule has 0 radical (unpaired) electrons. The Bertz CT molecular complexity index is 196. The van der Waals surface area contributed by atoms with Crippen LogP contribution in [0.4, 0.5) is 0 Å². The van der Waals surface area contributed by atoms with E-state index in [4.69, 9.17) is 9.47 Å². The highest BCUT2D eigenvalue weighted by atomic mass is 16.7. The maximum Gasteiger partial charge on any atom is 0.146 e. The van der Waals surface area contributed by atoms with Crippen molar-refractivity contribution in [3.63, 3.8) is 0 Å². The maximum absolute atomic E-state index is 11.0. The zero-order valence-corrected chi connectivity index (χ0v) is 9.70. The second-order valence-corrected chi connectivity index (χ2v) is 4.07. The Balaban J connectivity index is 2.18. The van der Waals surface area contributed by atoms with Gasteiger partial charge in [-0.3, -0.25) is 9.69 Å². The average Bonchev–Trinajstić information content (AvgIpc) is 2.59. The van der Waals surface area contributed by atoms with E-state index < -0.39 is 0 Å². The first-order valence-corrected chi connectivity index (χ1v) is 5.54. The van der Waals surface area contributed by atoms with Crippen molar-refractivity contribution in [2.24, 2.45) is 0 Å². The lowest BCUT2D eigenvalue weighted by Crippen LogP contribution is -2.34. The van der Waals surface area contributed by atoms with Crippen LogP contribution in [0, 0.1) is 0 Å². The van der Waals surface area contributed by atoms with Crippen molar-refractivity contribution in [2.45, 2.75) is 32.2 Å². The van der Waals surface area contributed by atoms with Crippen LogP contribution < -0.4 is 0 Å². The van der Waals surface area contributed by atoms with E-state index in [1.807, 2.05) is 0 Å². The fourth-order valence-electron chi connectivity index (χ4n) is 2.08. The third kappa shape index (κ3) is 4.73. The Morgan fingerprint density at radius 2 is 2.33 bits per heavy atom. The number of ketones is 1. The van der Waals surface area contributed by atoms with Gasteiger partial charge in [-0.05, 0) is 32.7 Å². The van der Waals surface area contributed by atoms with Gasteiger partial charge >= 0.3 is 0 Å². The van der Waals surface area contributed by atoms with Gasteiger partial charge in [-0.15, -0.1) is 0 Å². The van der Waals surface area contributed by atoms with Crippen LogP contribution in [0.3, 0.4) is 0 Å². The maximum atomic E-state index is 11.0. The van der Waals surface area contributed by atoms with E-state index in [9.17, 15) is 4.79 Å². The van der Waals surface area contributed by atoms with Gasteiger partial charge in [0, 0.05) is 13.2 Å². The first-order valence-electron chi connectivity index (χ1n) is 5.54. The molecule has 88 valence electrons. The van der Waals surface area contributed by atoms with E-state index >= 15 is 0 Å². The van der Waals surface area contributed by atoms with Gasteiger partial charge in [0.25, 0.3) is 0 Å². The molecule has 0 saturated carbocycles. The Morgan fingerprint density at radius 1 is 1.53 bits per heavy atom. The summed E-state index contributed by atoms with van der Waals surface area (Å²) in [5, 5.41) is 0. The number of likely N-dealkylation sites (tertiary alicyclic amines) is 1. The molecule has 0 aromatic rings. The number of rotatable bonds is 7. The largest absolute Gasteiger partial charge is 0.359 e. The lowest BCUT2D eigenvalue weighted by atomic mass is 10.1. The Morgan fingerprint density at radius 3 is 3.00 bits per heavy atom. The number of carbonyl (C=O) groups is 1. The van der Waals surface area contributed by atoms with Crippen molar-refractivity contribution in [1.82, 2.24) is 4.90 Å². The van der Waals surface area contributed by atoms with Gasteiger partial charge in [0.2, 0.25) is 0 Å². The molecule has 1 fully saturated rings. The van der Waals surface area contributed by atoms with Crippen LogP contribution in [-0.2, 0) is 14.3 Å². The predicted octanol–water partition coefficient (Wildman–Crippen LogP) is 1.05. The van der Waals surface area contributed by atoms with Gasteiger partial charge in [-0.1, -0.05) is 0 Å². The summed E-state index contributed by atoms with van der Waals surface area (Å²) in [6.45, 7) is 4.37. The van der Waals surface area contributed by atoms with E-state index in [2.05, 4.69) is 4.90 Å². The van der Waals surface area contributed by atoms with E-state index in [-0.39, 0.29) is 5.78 Å². The fourth-order valence-corrected chi connectivity index (χ4v) is 2.08. The van der Waals surface area contributed by atoms with Crippen LogP contribution in [-0.4, -0.2) is 50.3 Å². The predicted molar refractivity (Wildman–Crippen MR) is 57.7 cm³/mol. The minimum Gasteiger partial charge on any atom is -0.359 e. The molecule has 0 amide bonds. The lowest BCUT2D eigenvalue weighted by Gasteiger charge is -2.22. The molecule has 1 heterocycles. The summed E-state index contributed by atoms with van der Waals surface area (Å²) in [5.41, 5.74) is 0. The molecule has 1 saturated heterocycles. The summed E-state index contributed by atoms with van der Waals surface area (Å²) < 4.78 is 10.1. The van der Waals surface area contributed by atoms with Gasteiger partial charge < -0.3 is 9.47 Å². The molecule has 0 aromatic carbocycles. The first-order chi connectivity index (χ1) is 7.24. The van der Waals surface area contributed by atoms with Crippen LogP contribution in [0.25, 0.3) is 0 Å². The quantitative estimate of drug-likeness (QED) is 0.470. The molecular formula is C11H21NO3. The summed E-state index contributed by atoms with van der Waals surface area (Å²) in [6, 6.07) is 0.519. The third-order valence-electron chi connectivity index (χ3n) is 2.72. The van der Waals surface area contributed by atoms with Crippen molar-refractivity contribution < 1.29 is 14.3 Å². The number of hydrogen-bond donors (Lipinski definition) is 0. The molecule has 1 aliphatic heterocycles. The smallest absolute Gasteiger partial charge is 0.146 e. The van der Waals surface area contributed by atoms with E-state index in [0.29, 0.717) is 26.0 Å². The molecule has 15 heavy (non-hydrogen) atoms. The zero-order valence-electron chi connectivity index (χ0n) is 9.70. The Kier molecular flexibility index (Phi) is 5.83. The highest BCUT2D eigenvalue weighted by Gasteiger charge is 2.24. The molecule has 1 aliphatic rings. The first kappa shape index (κ1) is 12.6. The second kappa shape index (κ2) is 6.93. The van der Waals surface area contributed by atoms with Crippen molar-refractivity contribution in [3.8, 4) is 0 Å². The molecular weight excluding hydrogens is 194 g/mol. The van der Waals surface area contributed by atoms with Crippen LogP contribution >= 0.6 is 0 Å². The molecule has 0 N–H and O–H groups in total. The van der Waals surface area contributed by atoms with E-state index in [1.165, 1.54) is 12.8 Å². The summed E-state index contributed by atoms with van der Waals surface area (Å²) in [7, 11) is 1.62. The third-order valence-corrected chi connectivity index (χ3v) is 2.72. The molecule has 4 heteroatoms. The molecule has 1 atom stereocenters. The number of ether oxygens (including phenoxy) is 2. The minimum atomic E-state index is 0.250. The second-order valence-electron chi connectivity index (χ2n) is 4.07. The molecule has 0 spiro atoms. The van der Waals surface area contributed by atoms with Crippen LogP contribution in [0.2, 0.25) is 0 Å². The highest BCUT2D eigenvalue weighted by Crippen LogP contribution is 2.19. The number of nitrogens with zero attached hydrogens (tertiary/aromatic N) is 1. The normalized spacial score (nSPS) is 22.1. The number of carbonyl (C=O) groups excluding carboxylic acids is 1. The fraction of sp³-hybridized carbons (Fsp3) is 0.909. The lowest BCUT2D eigenvalue weighted by molar-refractivity contribution is -0.118. The summed E-state index contributed by atoms with van der Waals surface area (Å²) >= 11 is 0. The van der Waals surface area contributed by atoms with Crippen molar-refractivity contribution in [2.75, 3.05) is 33.6 Å². The van der Waals surface area contributed by atoms with Crippen LogP contribution in [0.1, 0.15) is 26.2 Å². The molecule has 0 bridgehead atoms. The monoisotopic (exact) mass is 215 g/mol. The number of hydrogen-bond acceptors (Lipinski definition) is 4. The van der Waals surface area contributed by atoms with Crippen LogP contribution in [0.5, 0.6) is 0 Å².